The first-order chi connectivity index (χ1) is 11.7. The van der Waals surface area contributed by atoms with E-state index in [1.807, 2.05) is 11.6 Å². The van der Waals surface area contributed by atoms with Crippen LogP contribution in [0.2, 0.25) is 0 Å². The van der Waals surface area contributed by atoms with Crippen LogP contribution in [0.5, 0.6) is 0 Å². The van der Waals surface area contributed by atoms with Crippen molar-refractivity contribution in [2.45, 2.75) is 37.5 Å². The van der Waals surface area contributed by atoms with Crippen molar-refractivity contribution in [3.8, 4) is 0 Å². The van der Waals surface area contributed by atoms with Gasteiger partial charge in [-0.3, -0.25) is 4.90 Å². The maximum atomic E-state index is 12.9. The molecule has 6 nitrogen and oxygen atoms in total. The molecule has 24 heavy (non-hydrogen) atoms. The first-order valence-electron chi connectivity index (χ1n) is 8.20. The van der Waals surface area contributed by atoms with Crippen molar-refractivity contribution in [1.29, 1.82) is 0 Å². The molecule has 8 heteroatoms. The average Bonchev–Trinajstić information content (AvgIpc) is 3.21. The van der Waals surface area contributed by atoms with Crippen molar-refractivity contribution in [2.24, 2.45) is 0 Å². The first-order valence-corrected chi connectivity index (χ1v) is 9.08. The fourth-order valence-corrected chi connectivity index (χ4v) is 4.30. The minimum Gasteiger partial charge on any atom is -0.371 e. The molecule has 0 radical (unpaired) electrons. The van der Waals surface area contributed by atoms with E-state index in [2.05, 4.69) is 25.2 Å². The maximum absolute atomic E-state index is 12.9. The highest BCUT2D eigenvalue weighted by atomic mass is 32.1. The molecule has 0 amide bonds. The van der Waals surface area contributed by atoms with Gasteiger partial charge in [-0.05, 0) is 19.4 Å². The van der Waals surface area contributed by atoms with Crippen LogP contribution in [0.25, 0.3) is 0 Å². The number of thiazole rings is 1. The minimum absolute atomic E-state index is 0.104. The number of ether oxygens (including phenoxy) is 1. The Kier molecular flexibility index (Phi) is 4.43. The second-order valence-corrected chi connectivity index (χ2v) is 7.48. The zero-order valence-electron chi connectivity index (χ0n) is 13.3. The first kappa shape index (κ1) is 15.9. The van der Waals surface area contributed by atoms with Crippen molar-refractivity contribution in [1.82, 2.24) is 19.9 Å². The Balaban J connectivity index is 1.36. The molecule has 2 fully saturated rings. The molecule has 0 saturated carbocycles. The third-order valence-electron chi connectivity index (χ3n) is 4.62. The lowest BCUT2D eigenvalue weighted by Crippen LogP contribution is -2.47. The average molecular weight is 349 g/mol. The number of likely N-dealkylation sites (tertiary alicyclic amines) is 1. The summed E-state index contributed by atoms with van der Waals surface area (Å²) in [6, 6.07) is 0.162. The van der Waals surface area contributed by atoms with E-state index in [9.17, 15) is 4.39 Å². The molecule has 128 valence electrons. The number of halogens is 1. The number of anilines is 1. The van der Waals surface area contributed by atoms with Crippen LogP contribution in [-0.2, 0) is 11.3 Å². The monoisotopic (exact) mass is 349 g/mol. The van der Waals surface area contributed by atoms with Crippen LogP contribution in [-0.4, -0.2) is 51.2 Å². The number of hydrogen-bond donors (Lipinski definition) is 1. The van der Waals surface area contributed by atoms with E-state index in [0.29, 0.717) is 12.6 Å². The van der Waals surface area contributed by atoms with Crippen molar-refractivity contribution >= 4 is 17.3 Å². The molecule has 0 aliphatic carbocycles. The Morgan fingerprint density at radius 1 is 1.38 bits per heavy atom. The van der Waals surface area contributed by atoms with E-state index in [1.54, 1.807) is 11.3 Å². The normalized spacial score (nSPS) is 27.6. The third-order valence-corrected chi connectivity index (χ3v) is 5.39. The van der Waals surface area contributed by atoms with E-state index < -0.39 is 5.82 Å². The zero-order chi connectivity index (χ0) is 16.4. The van der Waals surface area contributed by atoms with Crippen LogP contribution in [0.15, 0.2) is 24.0 Å². The summed E-state index contributed by atoms with van der Waals surface area (Å²) in [7, 11) is 0. The van der Waals surface area contributed by atoms with Gasteiger partial charge in [0.05, 0.1) is 37.2 Å². The van der Waals surface area contributed by atoms with E-state index in [-0.39, 0.29) is 11.6 Å². The Morgan fingerprint density at radius 2 is 2.25 bits per heavy atom. The fourth-order valence-electron chi connectivity index (χ4n) is 3.64. The van der Waals surface area contributed by atoms with Crippen LogP contribution in [0.3, 0.4) is 0 Å². The summed E-state index contributed by atoms with van der Waals surface area (Å²) in [6.45, 7) is 3.53. The quantitative estimate of drug-likeness (QED) is 0.914. The number of rotatable bonds is 4. The molecular weight excluding hydrogens is 329 g/mol. The van der Waals surface area contributed by atoms with E-state index in [4.69, 9.17) is 4.74 Å². The van der Waals surface area contributed by atoms with Gasteiger partial charge in [0.25, 0.3) is 0 Å². The van der Waals surface area contributed by atoms with Crippen LogP contribution in [0.1, 0.15) is 24.3 Å². The maximum Gasteiger partial charge on any atom is 0.223 e. The Labute approximate surface area is 144 Å². The molecule has 2 aliphatic heterocycles. The predicted molar refractivity (Wildman–Crippen MR) is 89.3 cm³/mol. The highest BCUT2D eigenvalue weighted by Gasteiger charge is 2.43. The molecule has 1 N–H and O–H groups in total. The highest BCUT2D eigenvalue weighted by Crippen LogP contribution is 2.36. The summed E-state index contributed by atoms with van der Waals surface area (Å²) in [4.78, 5) is 14.7. The second-order valence-electron chi connectivity index (χ2n) is 6.50. The summed E-state index contributed by atoms with van der Waals surface area (Å²) < 4.78 is 19.1. The van der Waals surface area contributed by atoms with Crippen LogP contribution in [0.4, 0.5) is 10.3 Å². The van der Waals surface area contributed by atoms with Crippen LogP contribution < -0.4 is 5.32 Å². The van der Waals surface area contributed by atoms with Gasteiger partial charge in [-0.25, -0.2) is 19.3 Å². The summed E-state index contributed by atoms with van der Waals surface area (Å²) >= 11 is 1.70. The molecule has 4 heterocycles. The van der Waals surface area contributed by atoms with Crippen LogP contribution in [0, 0.1) is 5.82 Å². The van der Waals surface area contributed by atoms with Gasteiger partial charge >= 0.3 is 0 Å². The molecular formula is C16H20FN5OS. The summed E-state index contributed by atoms with van der Waals surface area (Å²) in [6.07, 6.45) is 7.33. The molecule has 2 aliphatic rings. The van der Waals surface area contributed by atoms with Gasteiger partial charge < -0.3 is 10.1 Å². The lowest BCUT2D eigenvalue weighted by molar-refractivity contribution is -0.0533. The molecule has 2 atom stereocenters. The predicted octanol–water partition coefficient (Wildman–Crippen LogP) is 2.31. The summed E-state index contributed by atoms with van der Waals surface area (Å²) in [5, 5.41) is 6.43. The highest BCUT2D eigenvalue weighted by molar-refractivity contribution is 7.09. The van der Waals surface area contributed by atoms with Gasteiger partial charge in [-0.2, -0.15) is 0 Å². The van der Waals surface area contributed by atoms with Crippen LogP contribution >= 0.6 is 11.3 Å². The molecule has 0 bridgehead atoms. The van der Waals surface area contributed by atoms with Crippen molar-refractivity contribution in [2.75, 3.05) is 25.0 Å². The van der Waals surface area contributed by atoms with Gasteiger partial charge in [0.15, 0.2) is 5.82 Å². The number of piperidine rings is 1. The Hall–Kier alpha value is -1.64. The number of aromatic nitrogens is 3. The van der Waals surface area contributed by atoms with Crippen molar-refractivity contribution < 1.29 is 9.13 Å². The number of hydrogen-bond acceptors (Lipinski definition) is 7. The minimum atomic E-state index is -0.426. The standard InChI is InChI=1S/C16H20FN5OS/c17-12-7-19-15(20-8-12)21-13-6-16(23-10-13)2-1-4-22(11-16)9-14-18-3-5-24-14/h3,5,7-8,13H,1-2,4,6,9-11H2,(H,19,20,21)/t13-,16+/m1/s1. The zero-order valence-corrected chi connectivity index (χ0v) is 14.1. The number of nitrogens with zero attached hydrogens (tertiary/aromatic N) is 4. The topological polar surface area (TPSA) is 63.2 Å². The molecule has 4 rings (SSSR count). The largest absolute Gasteiger partial charge is 0.371 e. The van der Waals surface area contributed by atoms with Gasteiger partial charge in [0.1, 0.15) is 5.01 Å². The Bertz CT molecular complexity index is 668. The van der Waals surface area contributed by atoms with E-state index >= 15 is 0 Å². The molecule has 1 spiro atoms. The van der Waals surface area contributed by atoms with Gasteiger partial charge in [0, 0.05) is 24.5 Å². The fraction of sp³-hybridized carbons (Fsp3) is 0.562. The molecule has 2 aromatic heterocycles. The van der Waals surface area contributed by atoms with Gasteiger partial charge in [-0.15, -0.1) is 11.3 Å². The second kappa shape index (κ2) is 6.70. The Morgan fingerprint density at radius 3 is 3.04 bits per heavy atom. The molecule has 2 aromatic rings. The molecule has 0 unspecified atom stereocenters. The van der Waals surface area contributed by atoms with E-state index in [1.165, 1.54) is 12.4 Å². The SMILES string of the molecule is Fc1cnc(N[C@H]2CO[C@@]3(CCCN(Cc4nccs4)C3)C2)nc1. The lowest BCUT2D eigenvalue weighted by atomic mass is 9.88. The van der Waals surface area contributed by atoms with Gasteiger partial charge in [-0.1, -0.05) is 0 Å². The lowest BCUT2D eigenvalue weighted by Gasteiger charge is -2.39. The number of nitrogens with one attached hydrogen (secondary N) is 1. The van der Waals surface area contributed by atoms with E-state index in [0.717, 1.165) is 43.9 Å². The molecule has 0 aromatic carbocycles. The molecule has 2 saturated heterocycles. The summed E-state index contributed by atoms with van der Waals surface area (Å²) in [5.74, 6) is 0.0299. The van der Waals surface area contributed by atoms with Crippen molar-refractivity contribution in [3.05, 3.63) is 34.8 Å². The van der Waals surface area contributed by atoms with Gasteiger partial charge in [0.2, 0.25) is 5.95 Å². The van der Waals surface area contributed by atoms with Crippen molar-refractivity contribution in [3.63, 3.8) is 0 Å². The smallest absolute Gasteiger partial charge is 0.223 e. The third kappa shape index (κ3) is 3.55. The summed E-state index contributed by atoms with van der Waals surface area (Å²) in [5.41, 5.74) is -0.104.